The Hall–Kier alpha value is -1.96. The monoisotopic (exact) mass is 444 g/mol. The molecule has 3 rings (SSSR count). The second-order valence-electron chi connectivity index (χ2n) is 7.02. The summed E-state index contributed by atoms with van der Waals surface area (Å²) in [7, 11) is 5.13. The van der Waals surface area contributed by atoms with E-state index in [0.29, 0.717) is 18.0 Å². The number of nitrogens with zero attached hydrogens (tertiary/aromatic N) is 2. The minimum atomic E-state index is -0.402. The van der Waals surface area contributed by atoms with Crippen molar-refractivity contribution in [2.75, 3.05) is 20.8 Å². The molecule has 1 amide bonds. The molecule has 1 aliphatic rings. The first-order valence-corrected chi connectivity index (χ1v) is 9.28. The van der Waals surface area contributed by atoms with Crippen molar-refractivity contribution in [1.82, 2.24) is 14.9 Å². The van der Waals surface area contributed by atoms with Crippen LogP contribution in [0.1, 0.15) is 36.7 Å². The minimum absolute atomic E-state index is 0. The van der Waals surface area contributed by atoms with Crippen LogP contribution in [0.4, 0.5) is 0 Å². The molecule has 1 heterocycles. The fourth-order valence-corrected chi connectivity index (χ4v) is 3.86. The van der Waals surface area contributed by atoms with E-state index in [1.54, 1.807) is 20.4 Å². The zero-order chi connectivity index (χ0) is 19.4. The van der Waals surface area contributed by atoms with Gasteiger partial charge in [0.2, 0.25) is 5.91 Å². The zero-order valence-electron chi connectivity index (χ0n) is 17.0. The molecule has 0 spiro atoms. The number of amides is 1. The maximum atomic E-state index is 13.0. The van der Waals surface area contributed by atoms with E-state index < -0.39 is 6.04 Å². The number of hydrogen-bond donors (Lipinski definition) is 2. The number of aromatic nitrogens is 2. The van der Waals surface area contributed by atoms with E-state index in [1.165, 1.54) is 0 Å². The van der Waals surface area contributed by atoms with Gasteiger partial charge in [-0.05, 0) is 43.0 Å². The van der Waals surface area contributed by atoms with Gasteiger partial charge < -0.3 is 25.1 Å². The van der Waals surface area contributed by atoms with E-state index in [2.05, 4.69) is 10.3 Å². The van der Waals surface area contributed by atoms with Gasteiger partial charge in [-0.25, -0.2) is 4.98 Å². The first-order valence-electron chi connectivity index (χ1n) is 9.28. The van der Waals surface area contributed by atoms with E-state index in [9.17, 15) is 4.79 Å². The lowest BCUT2D eigenvalue weighted by atomic mass is 9.94. The van der Waals surface area contributed by atoms with E-state index >= 15 is 0 Å². The third-order valence-electron chi connectivity index (χ3n) is 5.41. The number of hydrogen-bond acceptors (Lipinski definition) is 5. The first-order chi connectivity index (χ1) is 13.1. The third kappa shape index (κ3) is 5.56. The highest BCUT2D eigenvalue weighted by molar-refractivity contribution is 5.85. The number of aryl methyl sites for hydroxylation is 1. The van der Waals surface area contributed by atoms with Crippen molar-refractivity contribution in [3.05, 3.63) is 42.0 Å². The normalized spacial score (nSPS) is 18.9. The largest absolute Gasteiger partial charge is 0.497 e. The number of carbonyl (C=O) groups excluding carboxylic acids is 1. The molecule has 0 aliphatic heterocycles. The van der Waals surface area contributed by atoms with Crippen molar-refractivity contribution in [3.8, 4) is 11.5 Å². The molecule has 1 aromatic carbocycles. The number of nitrogens with one attached hydrogen (secondary N) is 1. The molecular formula is C20H30Cl2N4O3. The molecule has 1 aliphatic carbocycles. The molecule has 2 aromatic rings. The summed E-state index contributed by atoms with van der Waals surface area (Å²) in [5.74, 6) is 2.30. The molecule has 3 atom stereocenters. The molecule has 7 nitrogen and oxygen atoms in total. The van der Waals surface area contributed by atoms with Gasteiger partial charge in [0.05, 0.1) is 14.2 Å². The number of carbonyl (C=O) groups is 1. The number of imidazole rings is 1. The van der Waals surface area contributed by atoms with Crippen LogP contribution in [0.5, 0.6) is 11.5 Å². The Bertz CT molecular complexity index is 778. The van der Waals surface area contributed by atoms with Gasteiger partial charge in [-0.1, -0.05) is 6.42 Å². The van der Waals surface area contributed by atoms with Crippen LogP contribution >= 0.6 is 24.8 Å². The topological polar surface area (TPSA) is 91.4 Å². The van der Waals surface area contributed by atoms with Crippen LogP contribution in [-0.2, 0) is 11.8 Å². The summed E-state index contributed by atoms with van der Waals surface area (Å²) in [6, 6.07) is 5.21. The van der Waals surface area contributed by atoms with Gasteiger partial charge in [-0.15, -0.1) is 24.8 Å². The lowest BCUT2D eigenvalue weighted by Crippen LogP contribution is -2.38. The summed E-state index contributed by atoms with van der Waals surface area (Å²) >= 11 is 0. The van der Waals surface area contributed by atoms with Crippen molar-refractivity contribution in [2.24, 2.45) is 24.6 Å². The molecular weight excluding hydrogens is 415 g/mol. The Balaban J connectivity index is 0.00000210. The van der Waals surface area contributed by atoms with E-state index in [-0.39, 0.29) is 42.6 Å². The zero-order valence-corrected chi connectivity index (χ0v) is 18.6. The highest BCUT2D eigenvalue weighted by atomic mass is 35.5. The van der Waals surface area contributed by atoms with E-state index in [4.69, 9.17) is 15.2 Å². The van der Waals surface area contributed by atoms with Crippen molar-refractivity contribution >= 4 is 30.7 Å². The number of methoxy groups -OCH3 is 2. The minimum Gasteiger partial charge on any atom is -0.497 e. The summed E-state index contributed by atoms with van der Waals surface area (Å²) in [4.78, 5) is 17.5. The molecule has 162 valence electrons. The maximum Gasteiger partial charge on any atom is 0.224 e. The number of rotatable bonds is 7. The van der Waals surface area contributed by atoms with Crippen molar-refractivity contribution in [3.63, 3.8) is 0 Å². The Kier molecular flexibility index (Phi) is 9.76. The standard InChI is InChI=1S/C20H28N4O3.2ClH/c1-24-8-7-22-19(24)18(14-9-15(26-2)11-16(10-14)27-3)23-20(25)17-6-4-5-13(17)12-21;;/h7-11,13,17-18H,4-6,12,21H2,1-3H3,(H,23,25);2*1H/t13-,17-,18?;;/m1../s1. The molecule has 0 bridgehead atoms. The smallest absolute Gasteiger partial charge is 0.224 e. The Morgan fingerprint density at radius 3 is 2.41 bits per heavy atom. The molecule has 3 N–H and O–H groups in total. The lowest BCUT2D eigenvalue weighted by Gasteiger charge is -2.24. The fourth-order valence-electron chi connectivity index (χ4n) is 3.86. The number of nitrogens with two attached hydrogens (primary N) is 1. The molecule has 1 aromatic heterocycles. The van der Waals surface area contributed by atoms with Crippen molar-refractivity contribution < 1.29 is 14.3 Å². The average Bonchev–Trinajstić information content (AvgIpc) is 3.34. The molecule has 0 saturated heterocycles. The Morgan fingerprint density at radius 1 is 1.24 bits per heavy atom. The molecule has 9 heteroatoms. The number of benzene rings is 1. The molecule has 1 unspecified atom stereocenters. The van der Waals surface area contributed by atoms with Gasteiger partial charge in [0, 0.05) is 31.4 Å². The lowest BCUT2D eigenvalue weighted by molar-refractivity contribution is -0.126. The van der Waals surface area contributed by atoms with Gasteiger partial charge in [-0.2, -0.15) is 0 Å². The van der Waals surface area contributed by atoms with Crippen LogP contribution in [0, 0.1) is 11.8 Å². The second kappa shape index (κ2) is 11.3. The van der Waals surface area contributed by atoms with Crippen LogP contribution in [0.3, 0.4) is 0 Å². The fraction of sp³-hybridized carbons (Fsp3) is 0.500. The van der Waals surface area contributed by atoms with Gasteiger partial charge in [0.1, 0.15) is 23.4 Å². The quantitative estimate of drug-likeness (QED) is 0.684. The molecule has 0 radical (unpaired) electrons. The van der Waals surface area contributed by atoms with Gasteiger partial charge >= 0.3 is 0 Å². The van der Waals surface area contributed by atoms with Crippen LogP contribution in [0.2, 0.25) is 0 Å². The van der Waals surface area contributed by atoms with Gasteiger partial charge in [0.15, 0.2) is 0 Å². The predicted octanol–water partition coefficient (Wildman–Crippen LogP) is 2.86. The molecule has 29 heavy (non-hydrogen) atoms. The highest BCUT2D eigenvalue weighted by Gasteiger charge is 2.34. The van der Waals surface area contributed by atoms with E-state index in [0.717, 1.165) is 30.7 Å². The highest BCUT2D eigenvalue weighted by Crippen LogP contribution is 2.33. The van der Waals surface area contributed by atoms with Crippen LogP contribution in [0.25, 0.3) is 0 Å². The summed E-state index contributed by atoms with van der Waals surface area (Å²) in [5, 5.41) is 3.20. The van der Waals surface area contributed by atoms with Gasteiger partial charge in [-0.3, -0.25) is 4.79 Å². The third-order valence-corrected chi connectivity index (χ3v) is 5.41. The second-order valence-corrected chi connectivity index (χ2v) is 7.02. The SMILES string of the molecule is COc1cc(OC)cc(C(NC(=O)[C@@H]2CCC[C@@H]2CN)c2nccn2C)c1.Cl.Cl. The van der Waals surface area contributed by atoms with Gasteiger partial charge in [0.25, 0.3) is 0 Å². The van der Waals surface area contributed by atoms with Crippen LogP contribution in [-0.4, -0.2) is 36.2 Å². The summed E-state index contributed by atoms with van der Waals surface area (Å²) < 4.78 is 12.7. The van der Waals surface area contributed by atoms with Crippen molar-refractivity contribution in [1.29, 1.82) is 0 Å². The summed E-state index contributed by atoms with van der Waals surface area (Å²) in [6.45, 7) is 0.540. The predicted molar refractivity (Wildman–Crippen MR) is 117 cm³/mol. The summed E-state index contributed by atoms with van der Waals surface area (Å²) in [5.41, 5.74) is 6.73. The average molecular weight is 445 g/mol. The Morgan fingerprint density at radius 2 is 1.90 bits per heavy atom. The summed E-state index contributed by atoms with van der Waals surface area (Å²) in [6.07, 6.45) is 6.52. The maximum absolute atomic E-state index is 13.0. The first kappa shape index (κ1) is 25.1. The van der Waals surface area contributed by atoms with Crippen molar-refractivity contribution in [2.45, 2.75) is 25.3 Å². The van der Waals surface area contributed by atoms with Crippen LogP contribution in [0.15, 0.2) is 30.6 Å². The number of halogens is 2. The van der Waals surface area contributed by atoms with E-state index in [1.807, 2.05) is 36.0 Å². The molecule has 1 fully saturated rings. The number of ether oxygens (including phenoxy) is 2. The van der Waals surface area contributed by atoms with Crippen LogP contribution < -0.4 is 20.5 Å². The Labute approximate surface area is 184 Å². The molecule has 1 saturated carbocycles.